The predicted molar refractivity (Wildman–Crippen MR) is 127 cm³/mol. The first-order chi connectivity index (χ1) is 14.5. The SMILES string of the molecule is CS(=O)(=O)c1ccccc1S(=O)(=O)Nc1ccc2[nH]nc(-c3cc(Br)cc(Br)c3)c2c1. The van der Waals surface area contributed by atoms with Crippen LogP contribution in [0.15, 0.2) is 79.4 Å². The Kier molecular flexibility index (Phi) is 5.71. The Bertz CT molecular complexity index is 1510. The molecule has 0 amide bonds. The Morgan fingerprint density at radius 3 is 2.16 bits per heavy atom. The molecule has 0 saturated heterocycles. The van der Waals surface area contributed by atoms with Crippen molar-refractivity contribution < 1.29 is 16.8 Å². The summed E-state index contributed by atoms with van der Waals surface area (Å²) in [6.45, 7) is 0. The molecule has 0 atom stereocenters. The minimum atomic E-state index is -4.14. The second-order valence-electron chi connectivity index (χ2n) is 6.82. The van der Waals surface area contributed by atoms with E-state index in [9.17, 15) is 16.8 Å². The third-order valence-corrected chi connectivity index (χ3v) is 8.13. The van der Waals surface area contributed by atoms with Crippen LogP contribution in [0.5, 0.6) is 0 Å². The largest absolute Gasteiger partial charge is 0.280 e. The van der Waals surface area contributed by atoms with Crippen LogP contribution in [-0.2, 0) is 19.9 Å². The minimum Gasteiger partial charge on any atom is -0.280 e. The van der Waals surface area contributed by atoms with Crippen LogP contribution in [0.3, 0.4) is 0 Å². The average molecular weight is 585 g/mol. The summed E-state index contributed by atoms with van der Waals surface area (Å²) >= 11 is 6.91. The fourth-order valence-electron chi connectivity index (χ4n) is 3.18. The highest BCUT2D eigenvalue weighted by molar-refractivity contribution is 9.11. The molecule has 0 spiro atoms. The van der Waals surface area contributed by atoms with Crippen molar-refractivity contribution in [3.63, 3.8) is 0 Å². The number of halogens is 2. The van der Waals surface area contributed by atoms with Crippen LogP contribution in [0.4, 0.5) is 5.69 Å². The predicted octanol–water partition coefficient (Wildman–Crippen LogP) is 4.96. The van der Waals surface area contributed by atoms with Crippen molar-refractivity contribution in [2.24, 2.45) is 0 Å². The molecule has 3 aromatic carbocycles. The number of nitrogens with one attached hydrogen (secondary N) is 2. The van der Waals surface area contributed by atoms with Crippen LogP contribution >= 0.6 is 31.9 Å². The summed E-state index contributed by atoms with van der Waals surface area (Å²) < 4.78 is 54.2. The molecular formula is C20H15Br2N3O4S2. The number of rotatable bonds is 5. The van der Waals surface area contributed by atoms with E-state index in [0.717, 1.165) is 26.3 Å². The van der Waals surface area contributed by atoms with E-state index in [0.29, 0.717) is 11.1 Å². The van der Waals surface area contributed by atoms with E-state index in [1.54, 1.807) is 18.2 Å². The number of benzene rings is 3. The normalized spacial score (nSPS) is 12.2. The maximum absolute atomic E-state index is 13.0. The Balaban J connectivity index is 1.78. The second-order valence-corrected chi connectivity index (χ2v) is 12.3. The van der Waals surface area contributed by atoms with E-state index >= 15 is 0 Å². The lowest BCUT2D eigenvalue weighted by Gasteiger charge is -2.11. The van der Waals surface area contributed by atoms with E-state index in [4.69, 9.17) is 0 Å². The van der Waals surface area contributed by atoms with Crippen molar-refractivity contribution in [3.05, 3.63) is 69.6 Å². The first-order valence-electron chi connectivity index (χ1n) is 8.81. The molecule has 0 aliphatic heterocycles. The summed E-state index contributed by atoms with van der Waals surface area (Å²) in [5.74, 6) is 0. The second kappa shape index (κ2) is 8.05. The number of aromatic nitrogens is 2. The zero-order valence-electron chi connectivity index (χ0n) is 15.9. The summed E-state index contributed by atoms with van der Waals surface area (Å²) in [6.07, 6.45) is 0.973. The van der Waals surface area contributed by atoms with Crippen molar-refractivity contribution in [3.8, 4) is 11.3 Å². The van der Waals surface area contributed by atoms with Crippen LogP contribution in [0.1, 0.15) is 0 Å². The first kappa shape index (κ1) is 22.0. The van der Waals surface area contributed by atoms with E-state index in [-0.39, 0.29) is 15.5 Å². The Hall–Kier alpha value is -2.21. The van der Waals surface area contributed by atoms with Crippen LogP contribution in [0.2, 0.25) is 0 Å². The fraction of sp³-hybridized carbons (Fsp3) is 0.0500. The number of hydrogen-bond donors (Lipinski definition) is 2. The number of fused-ring (bicyclic) bond motifs is 1. The molecule has 31 heavy (non-hydrogen) atoms. The van der Waals surface area contributed by atoms with Gasteiger partial charge in [0, 0.05) is 31.8 Å². The van der Waals surface area contributed by atoms with Gasteiger partial charge in [0.1, 0.15) is 10.6 Å². The lowest BCUT2D eigenvalue weighted by molar-refractivity contribution is 0.588. The highest BCUT2D eigenvalue weighted by atomic mass is 79.9. The highest BCUT2D eigenvalue weighted by Crippen LogP contribution is 2.33. The van der Waals surface area contributed by atoms with Crippen LogP contribution in [0, 0.1) is 0 Å². The number of aromatic amines is 1. The average Bonchev–Trinajstić information content (AvgIpc) is 3.09. The van der Waals surface area contributed by atoms with Crippen molar-refractivity contribution in [2.45, 2.75) is 9.79 Å². The van der Waals surface area contributed by atoms with Crippen molar-refractivity contribution in [1.29, 1.82) is 0 Å². The molecule has 0 bridgehead atoms. The van der Waals surface area contributed by atoms with E-state index in [1.807, 2.05) is 18.2 Å². The number of anilines is 1. The molecule has 0 saturated carbocycles. The summed E-state index contributed by atoms with van der Waals surface area (Å²) in [4.78, 5) is -0.563. The third-order valence-electron chi connectivity index (χ3n) is 4.49. The summed E-state index contributed by atoms with van der Waals surface area (Å²) in [5, 5.41) is 8.02. The van der Waals surface area contributed by atoms with E-state index in [1.165, 1.54) is 24.3 Å². The summed E-state index contributed by atoms with van der Waals surface area (Å²) in [7, 11) is -7.87. The van der Waals surface area contributed by atoms with Gasteiger partial charge < -0.3 is 0 Å². The van der Waals surface area contributed by atoms with Gasteiger partial charge in [-0.25, -0.2) is 16.8 Å². The fourth-order valence-corrected chi connectivity index (χ4v) is 7.15. The molecule has 0 unspecified atom stereocenters. The van der Waals surface area contributed by atoms with Gasteiger partial charge in [0.2, 0.25) is 0 Å². The van der Waals surface area contributed by atoms with Gasteiger partial charge in [-0.15, -0.1) is 0 Å². The van der Waals surface area contributed by atoms with Gasteiger partial charge >= 0.3 is 0 Å². The molecule has 4 rings (SSSR count). The molecule has 0 radical (unpaired) electrons. The number of sulfonamides is 1. The molecule has 0 fully saturated rings. The van der Waals surface area contributed by atoms with Crippen LogP contribution in [-0.4, -0.2) is 33.3 Å². The lowest BCUT2D eigenvalue weighted by Crippen LogP contribution is -2.16. The van der Waals surface area contributed by atoms with Crippen molar-refractivity contribution in [1.82, 2.24) is 10.2 Å². The molecule has 11 heteroatoms. The van der Waals surface area contributed by atoms with Gasteiger partial charge in [-0.05, 0) is 48.5 Å². The van der Waals surface area contributed by atoms with E-state index < -0.39 is 19.9 Å². The van der Waals surface area contributed by atoms with Gasteiger partial charge in [-0.3, -0.25) is 9.82 Å². The summed E-state index contributed by atoms with van der Waals surface area (Å²) in [5.41, 5.74) is 2.49. The smallest absolute Gasteiger partial charge is 0.263 e. The number of hydrogen-bond acceptors (Lipinski definition) is 5. The van der Waals surface area contributed by atoms with Gasteiger partial charge in [-0.1, -0.05) is 44.0 Å². The summed E-state index contributed by atoms with van der Waals surface area (Å²) in [6, 6.07) is 16.1. The molecule has 4 aromatic rings. The molecule has 160 valence electrons. The van der Waals surface area contributed by atoms with Crippen LogP contribution < -0.4 is 4.72 Å². The zero-order chi connectivity index (χ0) is 22.4. The first-order valence-corrected chi connectivity index (χ1v) is 13.8. The third kappa shape index (κ3) is 4.54. The standard InChI is InChI=1S/C20H15Br2N3O4S2/c1-30(26,27)18-4-2-3-5-19(18)31(28,29)25-15-6-7-17-16(11-15)20(24-23-17)12-8-13(21)10-14(22)9-12/h2-11,25H,1H3,(H,23,24). The lowest BCUT2D eigenvalue weighted by atomic mass is 10.1. The molecule has 1 heterocycles. The van der Waals surface area contributed by atoms with Crippen LogP contribution in [0.25, 0.3) is 22.2 Å². The minimum absolute atomic E-state index is 0.258. The number of H-pyrrole nitrogens is 1. The molecular weight excluding hydrogens is 570 g/mol. The Labute approximate surface area is 196 Å². The Morgan fingerprint density at radius 1 is 0.871 bits per heavy atom. The van der Waals surface area contributed by atoms with Gasteiger partial charge in [-0.2, -0.15) is 5.10 Å². The number of sulfone groups is 1. The molecule has 0 aliphatic rings. The number of nitrogens with zero attached hydrogens (tertiary/aromatic N) is 1. The van der Waals surface area contributed by atoms with E-state index in [2.05, 4.69) is 46.8 Å². The Morgan fingerprint density at radius 2 is 1.52 bits per heavy atom. The molecule has 2 N–H and O–H groups in total. The molecule has 7 nitrogen and oxygen atoms in total. The van der Waals surface area contributed by atoms with Crippen molar-refractivity contribution in [2.75, 3.05) is 11.0 Å². The van der Waals surface area contributed by atoms with Gasteiger partial charge in [0.05, 0.1) is 10.4 Å². The monoisotopic (exact) mass is 583 g/mol. The van der Waals surface area contributed by atoms with Crippen molar-refractivity contribution >= 4 is 68.3 Å². The maximum Gasteiger partial charge on any atom is 0.263 e. The van der Waals surface area contributed by atoms with Gasteiger partial charge in [0.15, 0.2) is 9.84 Å². The zero-order valence-corrected chi connectivity index (χ0v) is 20.7. The molecule has 1 aromatic heterocycles. The van der Waals surface area contributed by atoms with Gasteiger partial charge in [0.25, 0.3) is 10.0 Å². The topological polar surface area (TPSA) is 109 Å². The molecule has 0 aliphatic carbocycles. The highest BCUT2D eigenvalue weighted by Gasteiger charge is 2.24. The maximum atomic E-state index is 13.0. The quantitative estimate of drug-likeness (QED) is 0.345.